The van der Waals surface area contributed by atoms with E-state index in [-0.39, 0.29) is 18.0 Å². The van der Waals surface area contributed by atoms with Gasteiger partial charge in [-0.1, -0.05) is 108 Å². The van der Waals surface area contributed by atoms with E-state index in [2.05, 4.69) is 77.3 Å². The lowest BCUT2D eigenvalue weighted by atomic mass is 10.0. The lowest BCUT2D eigenvalue weighted by Crippen LogP contribution is -2.44. The van der Waals surface area contributed by atoms with Crippen molar-refractivity contribution >= 4 is 5.97 Å². The first kappa shape index (κ1) is 32.9. The summed E-state index contributed by atoms with van der Waals surface area (Å²) in [6.45, 7) is 8.45. The van der Waals surface area contributed by atoms with Crippen molar-refractivity contribution in [3.8, 4) is 5.75 Å². The zero-order valence-corrected chi connectivity index (χ0v) is 25.6. The Balaban J connectivity index is 1.66. The highest BCUT2D eigenvalue weighted by Crippen LogP contribution is 2.20. The first-order valence-electron chi connectivity index (χ1n) is 15.6. The number of ether oxygens (including phenoxy) is 2. The SMILES string of the molecule is CCCCCCCCCCCc1cccc(OC(C)CCOC(=O)C(CC)C[N+](C)(C)Cc2ccccc2)c1. The topological polar surface area (TPSA) is 35.5 Å². The molecule has 0 fully saturated rings. The molecule has 4 nitrogen and oxygen atoms in total. The number of unbranched alkanes of at least 4 members (excludes halogenated alkanes) is 8. The van der Waals surface area contributed by atoms with Crippen LogP contribution < -0.4 is 4.74 Å². The smallest absolute Gasteiger partial charge is 0.314 e. The van der Waals surface area contributed by atoms with Crippen molar-refractivity contribution in [1.82, 2.24) is 0 Å². The van der Waals surface area contributed by atoms with Gasteiger partial charge in [-0.3, -0.25) is 4.79 Å². The molecule has 0 spiro atoms. The van der Waals surface area contributed by atoms with Gasteiger partial charge in [-0.2, -0.15) is 0 Å². The van der Waals surface area contributed by atoms with Gasteiger partial charge < -0.3 is 14.0 Å². The van der Waals surface area contributed by atoms with Crippen LogP contribution in [0.3, 0.4) is 0 Å². The van der Waals surface area contributed by atoms with Crippen LogP contribution in [0.5, 0.6) is 5.75 Å². The normalized spacial score (nSPS) is 13.2. The second-order valence-corrected chi connectivity index (χ2v) is 12.0. The first-order valence-corrected chi connectivity index (χ1v) is 15.6. The Morgan fingerprint density at radius 1 is 0.821 bits per heavy atom. The molecule has 2 aromatic carbocycles. The predicted octanol–water partition coefficient (Wildman–Crippen LogP) is 8.76. The quantitative estimate of drug-likeness (QED) is 0.0905. The summed E-state index contributed by atoms with van der Waals surface area (Å²) in [4.78, 5) is 12.8. The molecule has 218 valence electrons. The Hall–Kier alpha value is -2.33. The van der Waals surface area contributed by atoms with Crippen LogP contribution in [0.4, 0.5) is 0 Å². The molecule has 2 unspecified atom stereocenters. The number of benzene rings is 2. The fraction of sp³-hybridized carbons (Fsp3) is 0.629. The van der Waals surface area contributed by atoms with E-state index in [1.165, 1.54) is 68.9 Å². The molecule has 39 heavy (non-hydrogen) atoms. The number of nitrogens with zero attached hydrogens (tertiary/aromatic N) is 1. The molecular weight excluding hydrogens is 482 g/mol. The largest absolute Gasteiger partial charge is 0.491 e. The number of carbonyl (C=O) groups is 1. The molecule has 2 rings (SSSR count). The Morgan fingerprint density at radius 2 is 1.46 bits per heavy atom. The van der Waals surface area contributed by atoms with E-state index in [1.54, 1.807) is 0 Å². The fourth-order valence-corrected chi connectivity index (χ4v) is 5.26. The zero-order valence-electron chi connectivity index (χ0n) is 25.6. The van der Waals surface area contributed by atoms with Gasteiger partial charge in [0.25, 0.3) is 0 Å². The van der Waals surface area contributed by atoms with Crippen LogP contribution in [0, 0.1) is 5.92 Å². The van der Waals surface area contributed by atoms with Crippen molar-refractivity contribution in [2.45, 2.75) is 110 Å². The maximum Gasteiger partial charge on any atom is 0.314 e. The molecular formula is C35H56NO3+. The van der Waals surface area contributed by atoms with E-state index >= 15 is 0 Å². The number of rotatable bonds is 21. The van der Waals surface area contributed by atoms with Gasteiger partial charge in [0.15, 0.2) is 0 Å². The molecule has 0 saturated carbocycles. The second kappa shape index (κ2) is 18.9. The highest BCUT2D eigenvalue weighted by molar-refractivity contribution is 5.72. The van der Waals surface area contributed by atoms with Gasteiger partial charge in [0.1, 0.15) is 18.2 Å². The van der Waals surface area contributed by atoms with Crippen molar-refractivity contribution in [2.75, 3.05) is 27.2 Å². The Morgan fingerprint density at radius 3 is 2.13 bits per heavy atom. The molecule has 0 bridgehead atoms. The third-order valence-electron chi connectivity index (χ3n) is 7.57. The average molecular weight is 539 g/mol. The van der Waals surface area contributed by atoms with Crippen molar-refractivity contribution in [1.29, 1.82) is 0 Å². The molecule has 0 aliphatic rings. The fourth-order valence-electron chi connectivity index (χ4n) is 5.26. The van der Waals surface area contributed by atoms with Crippen molar-refractivity contribution in [2.24, 2.45) is 5.92 Å². The third-order valence-corrected chi connectivity index (χ3v) is 7.57. The van der Waals surface area contributed by atoms with E-state index in [0.29, 0.717) is 13.0 Å². The van der Waals surface area contributed by atoms with E-state index in [4.69, 9.17) is 9.47 Å². The van der Waals surface area contributed by atoms with Crippen LogP contribution in [0.25, 0.3) is 0 Å². The lowest BCUT2D eigenvalue weighted by molar-refractivity contribution is -0.906. The number of hydrogen-bond donors (Lipinski definition) is 0. The van der Waals surface area contributed by atoms with E-state index in [1.807, 2.05) is 12.1 Å². The summed E-state index contributed by atoms with van der Waals surface area (Å²) in [6.07, 6.45) is 14.7. The van der Waals surface area contributed by atoms with Crippen molar-refractivity contribution in [3.63, 3.8) is 0 Å². The van der Waals surface area contributed by atoms with Gasteiger partial charge in [-0.25, -0.2) is 0 Å². The Labute approximate surface area is 239 Å². The maximum atomic E-state index is 12.8. The molecule has 0 saturated heterocycles. The van der Waals surface area contributed by atoms with Crippen LogP contribution in [0.2, 0.25) is 0 Å². The van der Waals surface area contributed by atoms with E-state index < -0.39 is 0 Å². The molecule has 0 heterocycles. The molecule has 2 aromatic rings. The molecule has 0 radical (unpaired) electrons. The highest BCUT2D eigenvalue weighted by Gasteiger charge is 2.28. The van der Waals surface area contributed by atoms with E-state index in [0.717, 1.165) is 36.2 Å². The third kappa shape index (κ3) is 14.6. The summed E-state index contributed by atoms with van der Waals surface area (Å²) in [5, 5.41) is 0. The van der Waals surface area contributed by atoms with Crippen LogP contribution >= 0.6 is 0 Å². The molecule has 0 N–H and O–H groups in total. The molecule has 0 aliphatic carbocycles. The van der Waals surface area contributed by atoms with Gasteiger partial charge in [0.2, 0.25) is 0 Å². The maximum absolute atomic E-state index is 12.8. The van der Waals surface area contributed by atoms with Crippen LogP contribution in [-0.2, 0) is 22.5 Å². The molecule has 0 aromatic heterocycles. The minimum Gasteiger partial charge on any atom is -0.491 e. The molecule has 0 aliphatic heterocycles. The number of esters is 1. The Kier molecular flexibility index (Phi) is 15.9. The number of quaternary nitrogens is 1. The number of aryl methyl sites for hydroxylation is 1. The molecule has 2 atom stereocenters. The van der Waals surface area contributed by atoms with Crippen LogP contribution in [0.15, 0.2) is 54.6 Å². The second-order valence-electron chi connectivity index (χ2n) is 12.0. The first-order chi connectivity index (χ1) is 18.8. The number of hydrogen-bond acceptors (Lipinski definition) is 3. The predicted molar refractivity (Wildman–Crippen MR) is 164 cm³/mol. The van der Waals surface area contributed by atoms with Gasteiger partial charge in [-0.05, 0) is 43.9 Å². The van der Waals surface area contributed by atoms with Crippen molar-refractivity contribution in [3.05, 3.63) is 65.7 Å². The van der Waals surface area contributed by atoms with Gasteiger partial charge in [-0.15, -0.1) is 0 Å². The minimum absolute atomic E-state index is 0.00821. The summed E-state index contributed by atoms with van der Waals surface area (Å²) in [6, 6.07) is 19.0. The summed E-state index contributed by atoms with van der Waals surface area (Å²) in [7, 11) is 4.37. The zero-order chi connectivity index (χ0) is 28.3. The number of carbonyl (C=O) groups excluding carboxylic acids is 1. The Bertz CT molecular complexity index is 911. The molecule has 0 amide bonds. The van der Waals surface area contributed by atoms with Crippen LogP contribution in [0.1, 0.15) is 103 Å². The van der Waals surface area contributed by atoms with Gasteiger partial charge in [0.05, 0.1) is 33.4 Å². The summed E-state index contributed by atoms with van der Waals surface area (Å²) < 4.78 is 12.6. The van der Waals surface area contributed by atoms with Gasteiger partial charge in [0, 0.05) is 12.0 Å². The summed E-state index contributed by atoms with van der Waals surface area (Å²) in [5.41, 5.74) is 2.63. The molecule has 4 heteroatoms. The standard InChI is InChI=1S/C35H56NO3/c1-6-8-9-10-11-12-13-14-16-20-31-23-19-24-34(27-31)39-30(3)25-26-38-35(37)33(7-2)29-36(4,5)28-32-21-17-15-18-22-32/h15,17-19,21-24,27,30,33H,6-14,16,20,25-26,28-29H2,1-5H3/q+1. The monoisotopic (exact) mass is 538 g/mol. The summed E-state index contributed by atoms with van der Waals surface area (Å²) >= 11 is 0. The average Bonchev–Trinajstić information content (AvgIpc) is 2.91. The summed E-state index contributed by atoms with van der Waals surface area (Å²) in [5.74, 6) is 0.721. The van der Waals surface area contributed by atoms with Crippen LogP contribution in [-0.4, -0.2) is 43.8 Å². The van der Waals surface area contributed by atoms with Gasteiger partial charge >= 0.3 is 5.97 Å². The minimum atomic E-state index is -0.0994. The lowest BCUT2D eigenvalue weighted by Gasteiger charge is -2.32. The van der Waals surface area contributed by atoms with Crippen molar-refractivity contribution < 1.29 is 18.8 Å². The van der Waals surface area contributed by atoms with E-state index in [9.17, 15) is 4.79 Å². The highest BCUT2D eigenvalue weighted by atomic mass is 16.5.